The fourth-order valence-corrected chi connectivity index (χ4v) is 4.63. The first-order chi connectivity index (χ1) is 15.5. The SMILES string of the molecule is C[C@](O)(CN1Cc2ccccc2C1=O)c1nc(-c2cccc(CN3CCCCC3)c2)no1. The maximum Gasteiger partial charge on any atom is 0.260 e. The van der Waals surface area contributed by atoms with Crippen molar-refractivity contribution in [2.75, 3.05) is 19.6 Å². The molecular formula is C25H28N4O3. The largest absolute Gasteiger partial charge is 0.378 e. The van der Waals surface area contributed by atoms with E-state index in [0.29, 0.717) is 17.9 Å². The Morgan fingerprint density at radius 1 is 1.09 bits per heavy atom. The number of benzene rings is 2. The van der Waals surface area contributed by atoms with Gasteiger partial charge in [0.1, 0.15) is 0 Å². The summed E-state index contributed by atoms with van der Waals surface area (Å²) in [6.07, 6.45) is 3.83. The molecule has 1 atom stereocenters. The predicted octanol–water partition coefficient (Wildman–Crippen LogP) is 3.59. The molecule has 2 aliphatic rings. The number of β-amino-alcohol motifs (C(OH)–C–C–N with tert-alkyl or cyclic N) is 1. The van der Waals surface area contributed by atoms with Gasteiger partial charge in [-0.2, -0.15) is 4.98 Å². The minimum Gasteiger partial charge on any atom is -0.378 e. The number of rotatable bonds is 6. The first-order valence-corrected chi connectivity index (χ1v) is 11.2. The second-order valence-corrected chi connectivity index (χ2v) is 9.05. The van der Waals surface area contributed by atoms with Gasteiger partial charge in [0.25, 0.3) is 11.8 Å². The highest BCUT2D eigenvalue weighted by Crippen LogP contribution is 2.29. The van der Waals surface area contributed by atoms with Crippen molar-refractivity contribution in [1.29, 1.82) is 0 Å². The maximum atomic E-state index is 12.7. The summed E-state index contributed by atoms with van der Waals surface area (Å²) in [5, 5.41) is 15.2. The first kappa shape index (κ1) is 20.8. The van der Waals surface area contributed by atoms with Crippen LogP contribution in [-0.4, -0.2) is 50.6 Å². The van der Waals surface area contributed by atoms with Crippen LogP contribution in [0, 0.1) is 0 Å². The number of aromatic nitrogens is 2. The van der Waals surface area contributed by atoms with Gasteiger partial charge in [-0.3, -0.25) is 9.69 Å². The number of fused-ring (bicyclic) bond motifs is 1. The molecule has 0 aliphatic carbocycles. The van der Waals surface area contributed by atoms with Gasteiger partial charge < -0.3 is 14.5 Å². The summed E-state index contributed by atoms with van der Waals surface area (Å²) in [5.74, 6) is 0.459. The van der Waals surface area contributed by atoms with E-state index >= 15 is 0 Å². The molecule has 1 saturated heterocycles. The van der Waals surface area contributed by atoms with Crippen LogP contribution in [0.5, 0.6) is 0 Å². The standard InChI is InChI=1S/C25H28N4O3/c1-25(31,17-29-16-20-9-3-4-11-21(20)23(29)30)24-26-22(27-32-24)19-10-7-8-18(14-19)15-28-12-5-2-6-13-28/h3-4,7-11,14,31H,2,5-6,12-13,15-17H2,1H3/t25-/m0/s1. The Bertz CT molecular complexity index is 1120. The zero-order valence-corrected chi connectivity index (χ0v) is 18.3. The van der Waals surface area contributed by atoms with Crippen LogP contribution < -0.4 is 0 Å². The maximum absolute atomic E-state index is 12.7. The molecule has 1 fully saturated rings. The monoisotopic (exact) mass is 432 g/mol. The van der Waals surface area contributed by atoms with Crippen molar-refractivity contribution < 1.29 is 14.4 Å². The minimum absolute atomic E-state index is 0.0805. The molecule has 3 heterocycles. The van der Waals surface area contributed by atoms with Crippen molar-refractivity contribution in [3.05, 3.63) is 71.1 Å². The summed E-state index contributed by atoms with van der Waals surface area (Å²) < 4.78 is 5.44. The molecule has 0 unspecified atom stereocenters. The van der Waals surface area contributed by atoms with Crippen LogP contribution in [0.25, 0.3) is 11.4 Å². The third-order valence-corrected chi connectivity index (χ3v) is 6.32. The van der Waals surface area contributed by atoms with Crippen molar-refractivity contribution >= 4 is 5.91 Å². The number of likely N-dealkylation sites (tertiary alicyclic amines) is 1. The minimum atomic E-state index is -1.45. The Kier molecular flexibility index (Phi) is 5.53. The lowest BCUT2D eigenvalue weighted by Gasteiger charge is -2.26. The van der Waals surface area contributed by atoms with E-state index in [-0.39, 0.29) is 18.3 Å². The van der Waals surface area contributed by atoms with Crippen molar-refractivity contribution in [1.82, 2.24) is 19.9 Å². The van der Waals surface area contributed by atoms with Gasteiger partial charge in [0.2, 0.25) is 5.82 Å². The second-order valence-electron chi connectivity index (χ2n) is 9.05. The van der Waals surface area contributed by atoms with Gasteiger partial charge in [-0.1, -0.05) is 48.0 Å². The molecule has 0 bridgehead atoms. The number of carbonyl (C=O) groups excluding carboxylic acids is 1. The normalized spacial score (nSPS) is 18.6. The molecular weight excluding hydrogens is 404 g/mol. The molecule has 2 aliphatic heterocycles. The molecule has 1 N–H and O–H groups in total. The van der Waals surface area contributed by atoms with E-state index in [1.807, 2.05) is 36.4 Å². The van der Waals surface area contributed by atoms with Gasteiger partial charge in [0.15, 0.2) is 5.60 Å². The van der Waals surface area contributed by atoms with Crippen LogP contribution in [0.4, 0.5) is 0 Å². The highest BCUT2D eigenvalue weighted by Gasteiger charge is 2.37. The fraction of sp³-hybridized carbons (Fsp3) is 0.400. The van der Waals surface area contributed by atoms with E-state index in [1.54, 1.807) is 11.8 Å². The molecule has 0 saturated carbocycles. The van der Waals surface area contributed by atoms with Gasteiger partial charge in [0.05, 0.1) is 6.54 Å². The van der Waals surface area contributed by atoms with Crippen molar-refractivity contribution in [3.8, 4) is 11.4 Å². The van der Waals surface area contributed by atoms with E-state index in [4.69, 9.17) is 4.52 Å². The van der Waals surface area contributed by atoms with Crippen LogP contribution in [0.2, 0.25) is 0 Å². The van der Waals surface area contributed by atoms with Gasteiger partial charge in [-0.25, -0.2) is 0 Å². The average Bonchev–Trinajstić information content (AvgIpc) is 3.41. The topological polar surface area (TPSA) is 82.7 Å². The van der Waals surface area contributed by atoms with Crippen LogP contribution in [0.3, 0.4) is 0 Å². The zero-order valence-electron chi connectivity index (χ0n) is 18.3. The second kappa shape index (κ2) is 8.48. The Hall–Kier alpha value is -3.03. The van der Waals surface area contributed by atoms with Gasteiger partial charge in [0, 0.05) is 24.2 Å². The lowest BCUT2D eigenvalue weighted by atomic mass is 10.1. The summed E-state index contributed by atoms with van der Waals surface area (Å²) in [7, 11) is 0. The number of hydrogen-bond acceptors (Lipinski definition) is 6. The number of hydrogen-bond donors (Lipinski definition) is 1. The van der Waals surface area contributed by atoms with Crippen LogP contribution in [0.15, 0.2) is 53.1 Å². The van der Waals surface area contributed by atoms with Crippen LogP contribution >= 0.6 is 0 Å². The van der Waals surface area contributed by atoms with Gasteiger partial charge in [-0.15, -0.1) is 0 Å². The third kappa shape index (κ3) is 4.18. The van der Waals surface area contributed by atoms with Crippen molar-refractivity contribution in [3.63, 3.8) is 0 Å². The quantitative estimate of drug-likeness (QED) is 0.641. The van der Waals surface area contributed by atoms with E-state index in [9.17, 15) is 9.90 Å². The summed E-state index contributed by atoms with van der Waals surface area (Å²) in [6.45, 7) is 5.33. The highest BCUT2D eigenvalue weighted by molar-refractivity contribution is 5.98. The summed E-state index contributed by atoms with van der Waals surface area (Å²) >= 11 is 0. The van der Waals surface area contributed by atoms with E-state index in [0.717, 1.165) is 30.8 Å². The molecule has 7 nitrogen and oxygen atoms in total. The van der Waals surface area contributed by atoms with Gasteiger partial charge in [-0.05, 0) is 56.1 Å². The fourth-order valence-electron chi connectivity index (χ4n) is 4.63. The van der Waals surface area contributed by atoms with Crippen molar-refractivity contribution in [2.45, 2.75) is 44.9 Å². The predicted molar refractivity (Wildman–Crippen MR) is 120 cm³/mol. The number of carbonyl (C=O) groups is 1. The smallest absolute Gasteiger partial charge is 0.260 e. The average molecular weight is 433 g/mol. The van der Waals surface area contributed by atoms with E-state index in [1.165, 1.54) is 24.8 Å². The first-order valence-electron chi connectivity index (χ1n) is 11.2. The third-order valence-electron chi connectivity index (χ3n) is 6.32. The Labute approximate surface area is 187 Å². The highest BCUT2D eigenvalue weighted by atomic mass is 16.5. The molecule has 1 amide bonds. The Balaban J connectivity index is 1.30. The van der Waals surface area contributed by atoms with E-state index in [2.05, 4.69) is 27.2 Å². The Morgan fingerprint density at radius 2 is 1.91 bits per heavy atom. The van der Waals surface area contributed by atoms with E-state index < -0.39 is 5.60 Å². The molecule has 32 heavy (non-hydrogen) atoms. The molecule has 166 valence electrons. The molecule has 1 aromatic heterocycles. The number of aliphatic hydroxyl groups is 1. The van der Waals surface area contributed by atoms with Crippen molar-refractivity contribution in [2.24, 2.45) is 0 Å². The number of nitrogens with zero attached hydrogens (tertiary/aromatic N) is 4. The summed E-state index contributed by atoms with van der Waals surface area (Å²) in [6, 6.07) is 15.7. The van der Waals surface area contributed by atoms with Gasteiger partial charge >= 0.3 is 0 Å². The Morgan fingerprint density at radius 3 is 2.72 bits per heavy atom. The molecule has 2 aromatic carbocycles. The molecule has 3 aromatic rings. The zero-order chi connectivity index (χ0) is 22.1. The number of amides is 1. The molecule has 7 heteroatoms. The molecule has 5 rings (SSSR count). The molecule has 0 radical (unpaired) electrons. The summed E-state index contributed by atoms with van der Waals surface area (Å²) in [5.41, 5.74) is 2.26. The van der Waals surface area contributed by atoms with Crippen LogP contribution in [-0.2, 0) is 18.7 Å². The lowest BCUT2D eigenvalue weighted by molar-refractivity contribution is -0.00754. The molecule has 0 spiro atoms. The number of piperidine rings is 1. The van der Waals surface area contributed by atoms with Crippen LogP contribution in [0.1, 0.15) is 53.6 Å². The summed E-state index contributed by atoms with van der Waals surface area (Å²) in [4.78, 5) is 21.2. The lowest BCUT2D eigenvalue weighted by Crippen LogP contribution is -2.39.